The van der Waals surface area contributed by atoms with E-state index in [2.05, 4.69) is 5.32 Å². The fourth-order valence-corrected chi connectivity index (χ4v) is 7.01. The third-order valence-electron chi connectivity index (χ3n) is 5.58. The molecular formula is C22H24N2O6S2. The molecule has 2 aliphatic rings. The molecule has 32 heavy (non-hydrogen) atoms. The third kappa shape index (κ3) is 4.56. The van der Waals surface area contributed by atoms with Gasteiger partial charge >= 0.3 is 5.97 Å². The van der Waals surface area contributed by atoms with Gasteiger partial charge in [-0.2, -0.15) is 0 Å². The van der Waals surface area contributed by atoms with Crippen molar-refractivity contribution in [1.82, 2.24) is 0 Å². The van der Waals surface area contributed by atoms with Gasteiger partial charge in [-0.05, 0) is 56.0 Å². The Morgan fingerprint density at radius 3 is 2.59 bits per heavy atom. The van der Waals surface area contributed by atoms with Crippen LogP contribution in [-0.2, 0) is 31.5 Å². The molecule has 1 aromatic heterocycles. The van der Waals surface area contributed by atoms with Crippen LogP contribution in [0.1, 0.15) is 57.3 Å². The number of thiophene rings is 1. The molecule has 0 spiro atoms. The van der Waals surface area contributed by atoms with Crippen molar-refractivity contribution >= 4 is 49.6 Å². The highest BCUT2D eigenvalue weighted by atomic mass is 32.2. The zero-order chi connectivity index (χ0) is 22.9. The summed E-state index contributed by atoms with van der Waals surface area (Å²) in [5.41, 5.74) is 1.99. The molecule has 0 aliphatic carbocycles. The molecular weight excluding hydrogens is 452 g/mol. The first kappa shape index (κ1) is 22.5. The molecule has 1 saturated heterocycles. The van der Waals surface area contributed by atoms with E-state index in [1.165, 1.54) is 0 Å². The van der Waals surface area contributed by atoms with E-state index in [1.807, 2.05) is 0 Å². The number of ether oxygens (including phenoxy) is 1. The van der Waals surface area contributed by atoms with Gasteiger partial charge in [0.25, 0.3) is 5.91 Å². The summed E-state index contributed by atoms with van der Waals surface area (Å²) in [6.07, 6.45) is 2.59. The third-order valence-corrected chi connectivity index (χ3v) is 8.46. The summed E-state index contributed by atoms with van der Waals surface area (Å²) in [6, 6.07) is 6.73. The number of fused-ring (bicyclic) bond motifs is 1. The zero-order valence-electron chi connectivity index (χ0n) is 17.7. The van der Waals surface area contributed by atoms with E-state index in [4.69, 9.17) is 4.74 Å². The first-order chi connectivity index (χ1) is 15.3. The second kappa shape index (κ2) is 9.03. The normalized spacial score (nSPS) is 17.5. The van der Waals surface area contributed by atoms with Gasteiger partial charge in [0, 0.05) is 29.1 Å². The topological polar surface area (TPSA) is 110 Å². The number of esters is 1. The number of nitrogens with one attached hydrogen (secondary N) is 1. The molecule has 0 saturated carbocycles. The van der Waals surface area contributed by atoms with Crippen LogP contribution in [0.5, 0.6) is 0 Å². The quantitative estimate of drug-likeness (QED) is 0.664. The van der Waals surface area contributed by atoms with Gasteiger partial charge in [0.2, 0.25) is 5.91 Å². The maximum Gasteiger partial charge on any atom is 0.341 e. The van der Waals surface area contributed by atoms with Crippen LogP contribution in [0.15, 0.2) is 24.3 Å². The van der Waals surface area contributed by atoms with Crippen LogP contribution in [0.2, 0.25) is 0 Å². The summed E-state index contributed by atoms with van der Waals surface area (Å²) < 4.78 is 29.2. The number of amides is 2. The number of anilines is 2. The van der Waals surface area contributed by atoms with E-state index in [0.717, 1.165) is 29.9 Å². The highest BCUT2D eigenvalue weighted by Crippen LogP contribution is 2.38. The highest BCUT2D eigenvalue weighted by Gasteiger charge is 2.32. The smallest absolute Gasteiger partial charge is 0.341 e. The molecule has 2 aromatic rings. The Morgan fingerprint density at radius 2 is 1.91 bits per heavy atom. The first-order valence-electron chi connectivity index (χ1n) is 10.5. The lowest BCUT2D eigenvalue weighted by molar-refractivity contribution is -0.119. The van der Waals surface area contributed by atoms with E-state index in [9.17, 15) is 22.8 Å². The zero-order valence-corrected chi connectivity index (χ0v) is 19.3. The van der Waals surface area contributed by atoms with Gasteiger partial charge in [-0.1, -0.05) is 0 Å². The minimum absolute atomic E-state index is 0.0345. The van der Waals surface area contributed by atoms with Crippen LogP contribution < -0.4 is 10.2 Å². The van der Waals surface area contributed by atoms with Crippen molar-refractivity contribution in [2.75, 3.05) is 29.1 Å². The Balaban J connectivity index is 1.58. The van der Waals surface area contributed by atoms with Gasteiger partial charge in [-0.25, -0.2) is 13.2 Å². The molecule has 1 N–H and O–H groups in total. The van der Waals surface area contributed by atoms with Crippen molar-refractivity contribution in [3.05, 3.63) is 45.8 Å². The maximum absolute atomic E-state index is 12.9. The summed E-state index contributed by atoms with van der Waals surface area (Å²) in [5, 5.41) is 3.06. The van der Waals surface area contributed by atoms with Crippen molar-refractivity contribution in [2.24, 2.45) is 0 Å². The molecule has 10 heteroatoms. The molecule has 2 aliphatic heterocycles. The monoisotopic (exact) mass is 476 g/mol. The number of hydrogen-bond donors (Lipinski definition) is 1. The molecule has 3 heterocycles. The Hall–Kier alpha value is -2.72. The van der Waals surface area contributed by atoms with E-state index < -0.39 is 21.7 Å². The van der Waals surface area contributed by atoms with Gasteiger partial charge < -0.3 is 15.0 Å². The second-order valence-corrected chi connectivity index (χ2v) is 11.1. The van der Waals surface area contributed by atoms with Gasteiger partial charge in [-0.3, -0.25) is 9.59 Å². The van der Waals surface area contributed by atoms with Crippen molar-refractivity contribution in [1.29, 1.82) is 0 Å². The summed E-state index contributed by atoms with van der Waals surface area (Å²) in [6.45, 7) is 2.52. The minimum atomic E-state index is -3.22. The van der Waals surface area contributed by atoms with E-state index in [0.29, 0.717) is 34.0 Å². The van der Waals surface area contributed by atoms with Crippen molar-refractivity contribution < 1.29 is 27.5 Å². The fourth-order valence-electron chi connectivity index (χ4n) is 3.98. The summed E-state index contributed by atoms with van der Waals surface area (Å²) >= 11 is 1.10. The van der Waals surface area contributed by atoms with E-state index >= 15 is 0 Å². The Kier molecular flexibility index (Phi) is 6.34. The van der Waals surface area contributed by atoms with Crippen LogP contribution in [-0.4, -0.2) is 45.1 Å². The minimum Gasteiger partial charge on any atom is -0.462 e. The van der Waals surface area contributed by atoms with Crippen LogP contribution in [0, 0.1) is 0 Å². The van der Waals surface area contributed by atoms with Crippen molar-refractivity contribution in [3.8, 4) is 0 Å². The lowest BCUT2D eigenvalue weighted by Crippen LogP contribution is -2.35. The maximum atomic E-state index is 12.9. The predicted molar refractivity (Wildman–Crippen MR) is 122 cm³/mol. The van der Waals surface area contributed by atoms with Crippen LogP contribution >= 0.6 is 11.3 Å². The Morgan fingerprint density at radius 1 is 1.16 bits per heavy atom. The van der Waals surface area contributed by atoms with E-state index in [1.54, 1.807) is 36.1 Å². The molecule has 8 nitrogen and oxygen atoms in total. The van der Waals surface area contributed by atoms with Gasteiger partial charge in [0.15, 0.2) is 9.84 Å². The summed E-state index contributed by atoms with van der Waals surface area (Å²) in [5.74, 6) is -1.10. The number of benzene rings is 1. The number of rotatable bonds is 5. The number of hydrogen-bond acceptors (Lipinski definition) is 7. The van der Waals surface area contributed by atoms with Gasteiger partial charge in [0.1, 0.15) is 5.00 Å². The Bertz CT molecular complexity index is 1170. The molecule has 0 radical (unpaired) electrons. The number of sulfone groups is 1. The average Bonchev–Trinajstić information content (AvgIpc) is 3.10. The lowest BCUT2D eigenvalue weighted by atomic mass is 10.1. The SMILES string of the molecule is CCOC(=O)c1c(NC(=O)c2ccc(N3CCCCC3=O)cc2)sc2c1CCS(=O)(=O)C2. The molecule has 4 rings (SSSR count). The lowest BCUT2D eigenvalue weighted by Gasteiger charge is -2.26. The van der Waals surface area contributed by atoms with Gasteiger partial charge in [0.05, 0.1) is 23.7 Å². The fraction of sp³-hybridized carbons (Fsp3) is 0.409. The van der Waals surface area contributed by atoms with Crippen LogP contribution in [0.3, 0.4) is 0 Å². The second-order valence-electron chi connectivity index (χ2n) is 7.77. The predicted octanol–water partition coefficient (Wildman–Crippen LogP) is 3.16. The van der Waals surface area contributed by atoms with Crippen LogP contribution in [0.25, 0.3) is 0 Å². The molecule has 0 unspecified atom stereocenters. The molecule has 1 fully saturated rings. The highest BCUT2D eigenvalue weighted by molar-refractivity contribution is 7.90. The number of carbonyl (C=O) groups excluding carboxylic acids is 3. The van der Waals surface area contributed by atoms with Gasteiger partial charge in [-0.15, -0.1) is 11.3 Å². The average molecular weight is 477 g/mol. The number of piperidine rings is 1. The summed E-state index contributed by atoms with van der Waals surface area (Å²) in [7, 11) is -3.22. The molecule has 0 atom stereocenters. The molecule has 1 aromatic carbocycles. The number of nitrogens with zero attached hydrogens (tertiary/aromatic N) is 1. The first-order valence-corrected chi connectivity index (χ1v) is 13.2. The van der Waals surface area contributed by atoms with E-state index in [-0.39, 0.29) is 36.0 Å². The number of carbonyl (C=O) groups is 3. The molecule has 2 amide bonds. The van der Waals surface area contributed by atoms with Crippen LogP contribution in [0.4, 0.5) is 10.7 Å². The molecule has 0 bridgehead atoms. The summed E-state index contributed by atoms with van der Waals surface area (Å²) in [4.78, 5) is 39.9. The van der Waals surface area contributed by atoms with Crippen molar-refractivity contribution in [2.45, 2.75) is 38.4 Å². The standard InChI is InChI=1S/C22H24N2O6S2/c1-2-30-22(27)19-16-10-12-32(28,29)13-17(16)31-21(19)23-20(26)14-6-8-15(9-7-14)24-11-4-3-5-18(24)25/h6-9H,2-5,10-13H2,1H3,(H,23,26). The largest absolute Gasteiger partial charge is 0.462 e. The Labute approximate surface area is 190 Å². The molecule has 170 valence electrons. The van der Waals surface area contributed by atoms with Crippen molar-refractivity contribution in [3.63, 3.8) is 0 Å².